The largest absolute Gasteiger partial charge is 0.508 e. The summed E-state index contributed by atoms with van der Waals surface area (Å²) in [6, 6.07) is -6.31. The molecule has 39 nitrogen and oxygen atoms in total. The number of phenols is 1. The molecule has 0 unspecified atom stereocenters. The van der Waals surface area contributed by atoms with Crippen molar-refractivity contribution in [1.29, 1.82) is 0 Å². The Morgan fingerprint density at radius 3 is 1.17 bits per heavy atom. The molecular formula is C74H114N18O21. The molecule has 2 saturated heterocycles. The van der Waals surface area contributed by atoms with Gasteiger partial charge in [-0.3, -0.25) is 81.5 Å². The summed E-state index contributed by atoms with van der Waals surface area (Å²) in [5, 5.41) is 68.7. The predicted molar refractivity (Wildman–Crippen MR) is 407 cm³/mol. The van der Waals surface area contributed by atoms with Crippen molar-refractivity contribution in [2.45, 2.75) is 254 Å². The lowest BCUT2D eigenvalue weighted by molar-refractivity contribution is -0.144. The zero-order valence-corrected chi connectivity index (χ0v) is 64.8. The Morgan fingerprint density at radius 1 is 0.372 bits per heavy atom. The fraction of sp³-hybridized carbons (Fsp3) is 0.608. The van der Waals surface area contributed by atoms with Gasteiger partial charge in [-0.25, -0.2) is 0 Å². The summed E-state index contributed by atoms with van der Waals surface area (Å²) >= 11 is 0. The number of carbonyl (C=O) groups is 17. The van der Waals surface area contributed by atoms with E-state index >= 15 is 0 Å². The number of carboxylic acid groups (broad SMARTS) is 3. The molecule has 0 spiro atoms. The monoisotopic (exact) mass is 1590 g/mol. The van der Waals surface area contributed by atoms with Crippen molar-refractivity contribution in [1.82, 2.24) is 73.6 Å². The molecule has 15 atom stereocenters. The van der Waals surface area contributed by atoms with Gasteiger partial charge in [-0.05, 0) is 181 Å². The molecule has 4 rings (SSSR count). The fourth-order valence-corrected chi connectivity index (χ4v) is 12.4. The number of phenolic OH excluding ortho intramolecular Hbond substituents is 1. The smallest absolute Gasteiger partial charge is 0.325 e. The van der Waals surface area contributed by atoms with Gasteiger partial charge >= 0.3 is 17.9 Å². The van der Waals surface area contributed by atoms with Gasteiger partial charge in [0.2, 0.25) is 82.7 Å². The number of rotatable bonds is 49. The number of hydrogen-bond donors (Lipinski definition) is 20. The van der Waals surface area contributed by atoms with Gasteiger partial charge in [0.15, 0.2) is 0 Å². The summed E-state index contributed by atoms with van der Waals surface area (Å²) in [4.78, 5) is 232. The lowest BCUT2D eigenvalue weighted by atomic mass is 10.0. The summed E-state index contributed by atoms with van der Waals surface area (Å²) in [5.41, 5.74) is 24.2. The molecule has 2 aromatic carbocycles. The molecule has 2 aliphatic rings. The van der Waals surface area contributed by atoms with Crippen molar-refractivity contribution in [3.05, 3.63) is 65.7 Å². The van der Waals surface area contributed by atoms with Crippen molar-refractivity contribution in [2.24, 2.45) is 22.9 Å². The molecule has 626 valence electrons. The fourth-order valence-electron chi connectivity index (χ4n) is 12.4. The number of unbranched alkanes of at least 4 members (excludes halogenated alkanes) is 3. The summed E-state index contributed by atoms with van der Waals surface area (Å²) in [6.45, 7) is 8.64. The Bertz CT molecular complexity index is 3610. The number of nitrogens with one attached hydrogen (secondary N) is 12. The maximum absolute atomic E-state index is 14.7. The predicted octanol–water partition coefficient (Wildman–Crippen LogP) is -4.38. The van der Waals surface area contributed by atoms with Crippen LogP contribution in [-0.2, 0) is 94.3 Å². The minimum Gasteiger partial charge on any atom is -0.508 e. The van der Waals surface area contributed by atoms with Crippen LogP contribution >= 0.6 is 0 Å². The van der Waals surface area contributed by atoms with Gasteiger partial charge in [0.05, 0.1) is 6.04 Å². The SMILES string of the molecule is C[C@H](NC(=O)[C@@H]1CCCN1C(=O)[C@H](C)NC(=O)[C@H](C)NC(=O)[C@H](C)NC(=O)[C@H](C)NC(=O)[C@H](CCCCN)NC(=O)[C@H](Cc1ccc(O)cc1)NC(=O)[C@H](C)NC(=O)[C@H](CCC(=O)O)NC(=O)[C@H](Cc1ccccc1)NC(=O)[C@H](CCCCN)NC(=O)[C@@H]1CCCN1C(=O)[C@H](CCCCN)NC(=O)[C@@H](N)CCC(=O)O)C(=O)O. The third kappa shape index (κ3) is 32.0. The van der Waals surface area contributed by atoms with Gasteiger partial charge in [-0.2, -0.15) is 0 Å². The topological polar surface area (TPSA) is 626 Å². The Kier molecular flexibility index (Phi) is 40.2. The van der Waals surface area contributed by atoms with Crippen LogP contribution in [0.1, 0.15) is 162 Å². The number of nitrogens with zero attached hydrogens (tertiary/aromatic N) is 2. The van der Waals surface area contributed by atoms with Crippen molar-refractivity contribution in [3.63, 3.8) is 0 Å². The summed E-state index contributed by atoms with van der Waals surface area (Å²) in [7, 11) is 0. The summed E-state index contributed by atoms with van der Waals surface area (Å²) in [5.74, 6) is -15.8. The molecule has 2 heterocycles. The average molecular weight is 1590 g/mol. The van der Waals surface area contributed by atoms with Crippen LogP contribution in [0.3, 0.4) is 0 Å². The first kappa shape index (κ1) is 94.4. The number of carbonyl (C=O) groups excluding carboxylic acids is 14. The highest BCUT2D eigenvalue weighted by molar-refractivity contribution is 6.00. The van der Waals surface area contributed by atoms with Crippen LogP contribution in [0.5, 0.6) is 5.75 Å². The highest BCUT2D eigenvalue weighted by Gasteiger charge is 2.42. The van der Waals surface area contributed by atoms with E-state index in [-0.39, 0.29) is 103 Å². The number of hydrogen-bond acceptors (Lipinski definition) is 22. The Balaban J connectivity index is 1.50. The van der Waals surface area contributed by atoms with E-state index < -0.39 is 210 Å². The van der Waals surface area contributed by atoms with Crippen LogP contribution in [0.2, 0.25) is 0 Å². The van der Waals surface area contributed by atoms with E-state index in [2.05, 4.69) is 63.8 Å². The molecule has 0 aliphatic carbocycles. The maximum Gasteiger partial charge on any atom is 0.325 e. The molecular weight excluding hydrogens is 1480 g/mol. The third-order valence-electron chi connectivity index (χ3n) is 19.1. The van der Waals surface area contributed by atoms with E-state index in [0.29, 0.717) is 49.7 Å². The Morgan fingerprint density at radius 2 is 0.717 bits per heavy atom. The molecule has 113 heavy (non-hydrogen) atoms. The van der Waals surface area contributed by atoms with Crippen LogP contribution in [0.4, 0.5) is 0 Å². The second kappa shape index (κ2) is 48.1. The standard InChI is InChI=1S/C74H114N18O21/c1-40(60(98)80-41(2)62(100)83-44(5)72(110)91-36-16-23-56(91)70(108)84-45(6)74(112)113)79-61(99)42(3)81-65(103)50(20-10-13-33-75)85-68(106)54(39-47-25-27-48(93)28-26-47)89-63(101)43(4)82-66(104)52(30-32-59(96)97)86-69(107)55(38-46-18-8-7-9-19-46)90-67(105)51(21-11-14-34-76)87-71(109)57-24-17-37-92(57)73(111)53(22-12-15-35-77)88-64(102)49(78)29-31-58(94)95/h7-9,18-19,25-28,40-45,49-57,93H,10-17,20-24,29-39,75-78H2,1-6H3,(H,79,99)(H,80,98)(H,81,103)(H,82,104)(H,83,100)(H,84,108)(H,85,106)(H,86,107)(H,87,109)(H,88,102)(H,89,101)(H,90,105)(H,94,95)(H,96,97)(H,112,113)/t40-,41-,42-,43-,44-,45-,49-,50-,51-,52-,53-,54-,55-,56-,57-/m0/s1. The van der Waals surface area contributed by atoms with Crippen molar-refractivity contribution < 1.29 is 102 Å². The van der Waals surface area contributed by atoms with Crippen LogP contribution in [-0.4, -0.2) is 254 Å². The highest BCUT2D eigenvalue weighted by atomic mass is 16.4. The number of amides is 14. The van der Waals surface area contributed by atoms with Crippen LogP contribution in [0.25, 0.3) is 0 Å². The Labute approximate surface area is 655 Å². The quantitative estimate of drug-likeness (QED) is 0.0278. The van der Waals surface area contributed by atoms with Gasteiger partial charge < -0.3 is 117 Å². The summed E-state index contributed by atoms with van der Waals surface area (Å²) in [6.07, 6.45) is 0.992. The van der Waals surface area contributed by atoms with E-state index in [0.717, 1.165) is 0 Å². The van der Waals surface area contributed by atoms with Crippen molar-refractivity contribution in [3.8, 4) is 5.75 Å². The molecule has 0 saturated carbocycles. The van der Waals surface area contributed by atoms with Crippen molar-refractivity contribution in [2.75, 3.05) is 32.7 Å². The van der Waals surface area contributed by atoms with Crippen molar-refractivity contribution >= 4 is 101 Å². The van der Waals surface area contributed by atoms with Gasteiger partial charge in [-0.1, -0.05) is 42.5 Å². The van der Waals surface area contributed by atoms with E-state index in [1.165, 1.54) is 75.6 Å². The zero-order valence-electron chi connectivity index (χ0n) is 64.8. The van der Waals surface area contributed by atoms with Crippen LogP contribution in [0.15, 0.2) is 54.6 Å². The molecule has 2 aliphatic heterocycles. The van der Waals surface area contributed by atoms with Crippen LogP contribution < -0.4 is 86.7 Å². The molecule has 2 aromatic rings. The molecule has 2 fully saturated rings. The third-order valence-corrected chi connectivity index (χ3v) is 19.1. The average Bonchev–Trinajstić information content (AvgIpc) is 1.76. The normalized spacial score (nSPS) is 17.3. The lowest BCUT2D eigenvalue weighted by Crippen LogP contribution is -2.60. The van der Waals surface area contributed by atoms with E-state index in [4.69, 9.17) is 28.0 Å². The molecule has 14 amide bonds. The molecule has 39 heteroatoms. The van der Waals surface area contributed by atoms with Gasteiger partial charge in [0, 0.05) is 38.8 Å². The second-order valence-corrected chi connectivity index (χ2v) is 28.4. The number of aromatic hydroxyl groups is 1. The minimum absolute atomic E-state index is 0.0202. The molecule has 24 N–H and O–H groups in total. The van der Waals surface area contributed by atoms with Gasteiger partial charge in [-0.15, -0.1) is 0 Å². The van der Waals surface area contributed by atoms with Crippen LogP contribution in [0, 0.1) is 0 Å². The number of aliphatic carboxylic acids is 3. The lowest BCUT2D eigenvalue weighted by Gasteiger charge is -2.31. The first-order chi connectivity index (χ1) is 53.5. The van der Waals surface area contributed by atoms with E-state index in [9.17, 15) is 96.8 Å². The number of likely N-dealkylation sites (tertiary alicyclic amines) is 2. The number of carboxylic acids is 3. The maximum atomic E-state index is 14.7. The summed E-state index contributed by atoms with van der Waals surface area (Å²) < 4.78 is 0. The first-order valence-corrected chi connectivity index (χ1v) is 38.1. The van der Waals surface area contributed by atoms with E-state index in [1.807, 2.05) is 0 Å². The van der Waals surface area contributed by atoms with Gasteiger partial charge in [0.25, 0.3) is 0 Å². The van der Waals surface area contributed by atoms with E-state index in [1.54, 1.807) is 30.3 Å². The van der Waals surface area contributed by atoms with Gasteiger partial charge in [0.1, 0.15) is 90.3 Å². The molecule has 0 radical (unpaired) electrons. The minimum atomic E-state index is -1.72. The number of nitrogens with two attached hydrogens (primary N) is 4. The highest BCUT2D eigenvalue weighted by Crippen LogP contribution is 2.23. The number of benzene rings is 2. The molecule has 0 bridgehead atoms. The second-order valence-electron chi connectivity index (χ2n) is 28.4. The first-order valence-electron chi connectivity index (χ1n) is 38.1. The zero-order chi connectivity index (χ0) is 84.2. The Hall–Kier alpha value is -10.9. The molecule has 0 aromatic heterocycles.